The number of aromatic nitrogens is 2. The lowest BCUT2D eigenvalue weighted by molar-refractivity contribution is 0.0995. The predicted octanol–water partition coefficient (Wildman–Crippen LogP) is 2.39. The number of likely N-dealkylation sites (tertiary alicyclic amines) is 1. The number of nitrogens with one attached hydrogen (secondary N) is 2. The van der Waals surface area contributed by atoms with E-state index in [2.05, 4.69) is 30.6 Å². The number of hydrogen-bond acceptors (Lipinski definition) is 12. The fourth-order valence-corrected chi connectivity index (χ4v) is 6.30. The molecular weight excluding hydrogens is 540 g/mol. The maximum atomic E-state index is 12.4. The molecule has 2 aromatic rings. The van der Waals surface area contributed by atoms with Crippen LogP contribution < -0.4 is 26.0 Å². The molecule has 2 atom stereocenters. The number of benzene rings is 1. The highest BCUT2D eigenvalue weighted by Crippen LogP contribution is 2.35. The second kappa shape index (κ2) is 13.2. The van der Waals surface area contributed by atoms with Crippen LogP contribution in [-0.4, -0.2) is 94.6 Å². The standard InChI is InChI=1S/C29H42N8O5/c1-3-21-28(31-17-4-7-20(38)8-5-17)34-29(26(32-21)27(30)40)33-22-9-6-19(14-25(22)42-2)36-12-10-18(11-13-36)37-15-23(35-41)24(39)16-37/h6,9,14,17-18,20,23-24,38-39H,3-5,7-8,10-13,15-16H2,1-2H3,(H2,30,40)(H2,31,33,34)/t17?,20?,23-,24-/m1/s1. The third kappa shape index (κ3) is 6.58. The molecule has 1 aromatic heterocycles. The first kappa shape index (κ1) is 29.9. The minimum absolute atomic E-state index is 0.0590. The van der Waals surface area contributed by atoms with Crippen molar-refractivity contribution < 1.29 is 19.7 Å². The summed E-state index contributed by atoms with van der Waals surface area (Å²) in [5, 5.41) is 29.7. The van der Waals surface area contributed by atoms with Gasteiger partial charge < -0.3 is 36.2 Å². The Morgan fingerprint density at radius 1 is 1.10 bits per heavy atom. The van der Waals surface area contributed by atoms with Crippen LogP contribution in [0.3, 0.4) is 0 Å². The summed E-state index contributed by atoms with van der Waals surface area (Å²) >= 11 is 0. The van der Waals surface area contributed by atoms with Gasteiger partial charge in [-0.1, -0.05) is 12.1 Å². The van der Waals surface area contributed by atoms with Crippen LogP contribution in [0.15, 0.2) is 23.4 Å². The second-order valence-electron chi connectivity index (χ2n) is 11.5. The summed E-state index contributed by atoms with van der Waals surface area (Å²) in [6.07, 6.45) is 4.59. The van der Waals surface area contributed by atoms with Gasteiger partial charge in [0.25, 0.3) is 5.91 Å². The highest BCUT2D eigenvalue weighted by molar-refractivity contribution is 5.97. The smallest absolute Gasteiger partial charge is 0.271 e. The number of nitroso groups, excluding NO2 is 1. The zero-order valence-corrected chi connectivity index (χ0v) is 24.3. The van der Waals surface area contributed by atoms with Crippen molar-refractivity contribution in [1.29, 1.82) is 0 Å². The molecule has 3 fully saturated rings. The van der Waals surface area contributed by atoms with Crippen LogP contribution in [0.25, 0.3) is 0 Å². The molecule has 2 aliphatic heterocycles. The Bertz CT molecular complexity index is 1260. The van der Waals surface area contributed by atoms with Gasteiger partial charge in [-0.05, 0) is 57.1 Å². The number of carbonyl (C=O) groups is 1. The Balaban J connectivity index is 1.30. The minimum atomic E-state index is -0.684. The van der Waals surface area contributed by atoms with Crippen molar-refractivity contribution in [3.8, 4) is 5.75 Å². The van der Waals surface area contributed by atoms with E-state index in [1.165, 1.54) is 0 Å². The van der Waals surface area contributed by atoms with Crippen LogP contribution in [0.1, 0.15) is 61.6 Å². The first-order chi connectivity index (χ1) is 20.3. The van der Waals surface area contributed by atoms with Crippen molar-refractivity contribution in [3.05, 3.63) is 34.5 Å². The third-order valence-corrected chi connectivity index (χ3v) is 8.78. The van der Waals surface area contributed by atoms with Gasteiger partial charge in [0.15, 0.2) is 11.5 Å². The van der Waals surface area contributed by atoms with E-state index in [1.807, 2.05) is 25.1 Å². The number of β-amino-alcohol motifs (C(OH)–C–C–N with tert-alkyl or cyclic N) is 1. The lowest BCUT2D eigenvalue weighted by atomic mass is 9.93. The normalized spacial score (nSPS) is 25.3. The Labute approximate surface area is 245 Å². The van der Waals surface area contributed by atoms with Crippen LogP contribution in [0.5, 0.6) is 5.75 Å². The van der Waals surface area contributed by atoms with E-state index >= 15 is 0 Å². The molecule has 228 valence electrons. The summed E-state index contributed by atoms with van der Waals surface area (Å²) < 4.78 is 5.73. The zero-order valence-electron chi connectivity index (χ0n) is 24.3. The fourth-order valence-electron chi connectivity index (χ4n) is 6.30. The number of hydrogen-bond donors (Lipinski definition) is 5. The number of piperidine rings is 1. The van der Waals surface area contributed by atoms with Gasteiger partial charge in [0.2, 0.25) is 0 Å². The van der Waals surface area contributed by atoms with Crippen molar-refractivity contribution in [1.82, 2.24) is 14.9 Å². The van der Waals surface area contributed by atoms with Gasteiger partial charge in [-0.2, -0.15) is 4.91 Å². The lowest BCUT2D eigenvalue weighted by Crippen LogP contribution is -2.44. The number of aliphatic hydroxyl groups excluding tert-OH is 2. The van der Waals surface area contributed by atoms with E-state index in [9.17, 15) is 19.9 Å². The molecule has 3 aliphatic rings. The molecule has 3 heterocycles. The van der Waals surface area contributed by atoms with Gasteiger partial charge >= 0.3 is 0 Å². The Hall–Kier alpha value is -3.55. The van der Waals surface area contributed by atoms with E-state index in [4.69, 9.17) is 15.5 Å². The Kier molecular flexibility index (Phi) is 9.39. The summed E-state index contributed by atoms with van der Waals surface area (Å²) in [5.41, 5.74) is 8.06. The van der Waals surface area contributed by atoms with Gasteiger partial charge in [0, 0.05) is 50.0 Å². The Morgan fingerprint density at radius 2 is 1.83 bits per heavy atom. The van der Waals surface area contributed by atoms with E-state index in [1.54, 1.807) is 7.11 Å². The highest BCUT2D eigenvalue weighted by Gasteiger charge is 2.37. The molecule has 0 bridgehead atoms. The molecule has 1 amide bonds. The summed E-state index contributed by atoms with van der Waals surface area (Å²) in [5.74, 6) is 0.766. The van der Waals surface area contributed by atoms with Gasteiger partial charge in [-0.15, -0.1) is 0 Å². The van der Waals surface area contributed by atoms with Gasteiger partial charge in [0.1, 0.15) is 17.6 Å². The molecule has 2 saturated heterocycles. The molecule has 5 rings (SSSR count). The quantitative estimate of drug-likeness (QED) is 0.260. The van der Waals surface area contributed by atoms with Crippen molar-refractivity contribution in [2.75, 3.05) is 48.8 Å². The second-order valence-corrected chi connectivity index (χ2v) is 11.5. The third-order valence-electron chi connectivity index (χ3n) is 8.78. The monoisotopic (exact) mass is 582 g/mol. The first-order valence-electron chi connectivity index (χ1n) is 14.9. The summed E-state index contributed by atoms with van der Waals surface area (Å²) in [7, 11) is 1.60. The number of carbonyl (C=O) groups excluding carboxylic acids is 1. The maximum Gasteiger partial charge on any atom is 0.271 e. The van der Waals surface area contributed by atoms with Crippen LogP contribution in [0.2, 0.25) is 0 Å². The van der Waals surface area contributed by atoms with E-state index in [0.29, 0.717) is 48.5 Å². The summed E-state index contributed by atoms with van der Waals surface area (Å²) in [6.45, 7) is 4.62. The number of amides is 1. The number of aryl methyl sites for hydroxylation is 1. The average Bonchev–Trinajstić information content (AvgIpc) is 3.39. The number of nitrogens with two attached hydrogens (primary N) is 1. The van der Waals surface area contributed by atoms with Gasteiger partial charge in [-0.3, -0.25) is 9.69 Å². The van der Waals surface area contributed by atoms with Crippen molar-refractivity contribution >= 4 is 28.9 Å². The number of rotatable bonds is 10. The van der Waals surface area contributed by atoms with E-state index < -0.39 is 18.1 Å². The first-order valence-corrected chi connectivity index (χ1v) is 14.9. The fraction of sp³-hybridized carbons (Fsp3) is 0.621. The number of ether oxygens (including phenoxy) is 1. The van der Waals surface area contributed by atoms with Crippen LogP contribution in [0.4, 0.5) is 23.0 Å². The van der Waals surface area contributed by atoms with Crippen molar-refractivity contribution in [3.63, 3.8) is 0 Å². The number of anilines is 4. The maximum absolute atomic E-state index is 12.4. The molecule has 1 aliphatic carbocycles. The molecule has 0 radical (unpaired) electrons. The van der Waals surface area contributed by atoms with Crippen molar-refractivity contribution in [2.45, 2.75) is 82.2 Å². The molecule has 0 unspecified atom stereocenters. The van der Waals surface area contributed by atoms with Crippen molar-refractivity contribution in [2.24, 2.45) is 10.9 Å². The van der Waals surface area contributed by atoms with Crippen LogP contribution in [-0.2, 0) is 6.42 Å². The predicted molar refractivity (Wildman–Crippen MR) is 160 cm³/mol. The topological polar surface area (TPSA) is 179 Å². The number of aliphatic hydroxyl groups is 2. The molecular formula is C29H42N8O5. The average molecular weight is 583 g/mol. The molecule has 13 heteroatoms. The largest absolute Gasteiger partial charge is 0.494 e. The highest BCUT2D eigenvalue weighted by atomic mass is 16.5. The Morgan fingerprint density at radius 3 is 2.45 bits per heavy atom. The van der Waals surface area contributed by atoms with Gasteiger partial charge in [-0.25, -0.2) is 9.97 Å². The molecule has 1 aromatic carbocycles. The molecule has 6 N–H and O–H groups in total. The molecule has 13 nitrogen and oxygen atoms in total. The molecule has 0 spiro atoms. The summed E-state index contributed by atoms with van der Waals surface area (Å²) in [4.78, 5) is 37.1. The van der Waals surface area contributed by atoms with Crippen LogP contribution in [0, 0.1) is 4.91 Å². The summed E-state index contributed by atoms with van der Waals surface area (Å²) in [6, 6.07) is 5.78. The minimum Gasteiger partial charge on any atom is -0.494 e. The number of nitrogens with zero attached hydrogens (tertiary/aromatic N) is 5. The van der Waals surface area contributed by atoms with E-state index in [-0.39, 0.29) is 23.7 Å². The molecule has 42 heavy (non-hydrogen) atoms. The number of methoxy groups -OCH3 is 1. The van der Waals surface area contributed by atoms with E-state index in [0.717, 1.165) is 57.3 Å². The number of primary amides is 1. The van der Waals surface area contributed by atoms with Crippen LogP contribution >= 0.6 is 0 Å². The lowest BCUT2D eigenvalue weighted by Gasteiger charge is -2.38. The SMILES string of the molecule is CCc1nc(C(N)=O)c(Nc2ccc(N3CCC(N4C[C@@H](O)[C@H](N=O)C4)CC3)cc2OC)nc1NC1CCC(O)CC1. The molecule has 1 saturated carbocycles. The van der Waals surface area contributed by atoms with Gasteiger partial charge in [0.05, 0.1) is 30.7 Å². The zero-order chi connectivity index (χ0) is 29.8.